The summed E-state index contributed by atoms with van der Waals surface area (Å²) < 4.78 is 5.65. The third kappa shape index (κ3) is 7.10. The zero-order valence-corrected chi connectivity index (χ0v) is 29.3. The fourth-order valence-corrected chi connectivity index (χ4v) is 7.28. The van der Waals surface area contributed by atoms with Gasteiger partial charge < -0.3 is 50.5 Å². The number of anilines is 2. The highest BCUT2D eigenvalue weighted by Crippen LogP contribution is 2.47. The second-order valence-electron chi connectivity index (χ2n) is 13.2. The van der Waals surface area contributed by atoms with Crippen LogP contribution >= 0.6 is 15.9 Å². The Morgan fingerprint density at radius 3 is 2.43 bits per heavy atom. The number of carbonyl (C=O) groups excluding carboxylic acids is 3. The minimum atomic E-state index is -1.94. The van der Waals surface area contributed by atoms with E-state index in [9.17, 15) is 45.0 Å². The molecule has 3 heterocycles. The van der Waals surface area contributed by atoms with Crippen molar-refractivity contribution in [3.05, 3.63) is 106 Å². The number of nitrogens with zero attached hydrogens (tertiary/aromatic N) is 2. The highest BCUT2D eigenvalue weighted by atomic mass is 79.9. The minimum absolute atomic E-state index is 0.0279. The second kappa shape index (κ2) is 14.9. The van der Waals surface area contributed by atoms with Crippen molar-refractivity contribution in [3.8, 4) is 0 Å². The van der Waals surface area contributed by atoms with E-state index in [1.807, 2.05) is 24.3 Å². The summed E-state index contributed by atoms with van der Waals surface area (Å²) in [5, 5.41) is 64.1. The lowest BCUT2D eigenvalue weighted by molar-refractivity contribution is -0.274. The van der Waals surface area contributed by atoms with Crippen molar-refractivity contribution in [1.29, 1.82) is 0 Å². The van der Waals surface area contributed by atoms with Crippen molar-refractivity contribution in [2.75, 3.05) is 16.8 Å². The molecule has 0 saturated carbocycles. The van der Waals surface area contributed by atoms with Crippen LogP contribution in [0.15, 0.2) is 83.4 Å². The molecule has 3 aromatic rings. The van der Waals surface area contributed by atoms with Gasteiger partial charge >= 0.3 is 0 Å². The lowest BCUT2D eigenvalue weighted by Gasteiger charge is -2.37. The van der Waals surface area contributed by atoms with E-state index in [0.29, 0.717) is 39.9 Å². The smallest absolute Gasteiger partial charge is 0.264 e. The molecule has 3 aliphatic heterocycles. The Kier molecular flexibility index (Phi) is 10.8. The quantitative estimate of drug-likeness (QED) is 0.157. The highest BCUT2D eigenvalue weighted by Gasteiger charge is 2.52. The van der Waals surface area contributed by atoms with Crippen LogP contribution in [0, 0.1) is 5.92 Å². The second-order valence-corrected chi connectivity index (χ2v) is 14.1. The molecule has 8 atom stereocenters. The van der Waals surface area contributed by atoms with E-state index >= 15 is 0 Å². The molecule has 7 N–H and O–H groups in total. The number of amides is 3. The third-order valence-electron chi connectivity index (χ3n) is 9.90. The third-order valence-corrected chi connectivity index (χ3v) is 10.4. The first-order chi connectivity index (χ1) is 24.3. The van der Waals surface area contributed by atoms with Gasteiger partial charge in [0, 0.05) is 34.6 Å². The molecule has 3 aromatic carbocycles. The van der Waals surface area contributed by atoms with Crippen LogP contribution in [0.2, 0.25) is 0 Å². The van der Waals surface area contributed by atoms with Gasteiger partial charge in [0.2, 0.25) is 5.91 Å². The van der Waals surface area contributed by atoms with E-state index in [1.165, 1.54) is 4.90 Å². The van der Waals surface area contributed by atoms with Gasteiger partial charge in [0.1, 0.15) is 18.3 Å². The Hall–Kier alpha value is -3.99. The summed E-state index contributed by atoms with van der Waals surface area (Å²) in [6.07, 6.45) is -4.92. The number of fused-ring (bicyclic) bond motifs is 2. The first kappa shape index (κ1) is 36.8. The fraction of sp³-hybridized carbons (Fsp3) is 0.378. The number of benzene rings is 3. The number of aliphatic hydroxyl groups excluding tert-OH is 5. The molecule has 3 aliphatic rings. The Bertz CT molecular complexity index is 1820. The Labute approximate surface area is 302 Å². The van der Waals surface area contributed by atoms with Crippen LogP contribution in [0.25, 0.3) is 0 Å². The molecule has 0 aromatic heterocycles. The number of hydrogen-bond acceptors (Lipinski definition) is 10. The van der Waals surface area contributed by atoms with Crippen LogP contribution in [0.3, 0.4) is 0 Å². The van der Waals surface area contributed by atoms with Crippen molar-refractivity contribution >= 4 is 45.0 Å². The first-order valence-electron chi connectivity index (χ1n) is 16.6. The molecule has 270 valence electrons. The number of aliphatic hydroxyl groups is 6. The van der Waals surface area contributed by atoms with Crippen LogP contribution in [-0.4, -0.2) is 96.6 Å². The maximum Gasteiger partial charge on any atom is 0.264 e. The fourth-order valence-electron chi connectivity index (χ4n) is 6.92. The summed E-state index contributed by atoms with van der Waals surface area (Å²) >= 11 is 3.45. The molecular weight excluding hydrogens is 726 g/mol. The van der Waals surface area contributed by atoms with Crippen molar-refractivity contribution in [3.63, 3.8) is 0 Å². The predicted octanol–water partition coefficient (Wildman–Crippen LogP) is 1.45. The maximum atomic E-state index is 14.0. The number of hydrogen-bond donors (Lipinski definition) is 7. The van der Waals surface area contributed by atoms with Gasteiger partial charge in [0.15, 0.2) is 18.0 Å². The molecule has 3 amide bonds. The van der Waals surface area contributed by atoms with Crippen molar-refractivity contribution in [1.82, 2.24) is 4.90 Å². The van der Waals surface area contributed by atoms with Crippen molar-refractivity contribution in [2.24, 2.45) is 5.92 Å². The topological polar surface area (TPSA) is 200 Å². The summed E-state index contributed by atoms with van der Waals surface area (Å²) in [5.74, 6) is -2.29. The Morgan fingerprint density at radius 2 is 1.73 bits per heavy atom. The molecule has 14 heteroatoms. The van der Waals surface area contributed by atoms with E-state index in [1.54, 1.807) is 66.4 Å². The van der Waals surface area contributed by atoms with Crippen molar-refractivity contribution in [2.45, 2.75) is 75.2 Å². The Morgan fingerprint density at radius 1 is 1.02 bits per heavy atom. The summed E-state index contributed by atoms with van der Waals surface area (Å²) in [5.41, 5.74) is 2.10. The van der Waals surface area contributed by atoms with Crippen LogP contribution < -0.4 is 10.2 Å². The first-order valence-corrected chi connectivity index (χ1v) is 17.4. The van der Waals surface area contributed by atoms with Crippen LogP contribution in [0.1, 0.15) is 35.6 Å². The SMILES string of the molecule is C[C@H](/C=C/CC(=O)N1Cc2ccccc2C[C@H]1CO)[C@@]1(O)C(=O)N(Cc2ccc(NC(=O)[C@H]3O[C@@H](O)[C@H](O)[C@@H](O)[C@@H]3O)cc2)c2ccc(Br)cc21. The van der Waals surface area contributed by atoms with E-state index in [-0.39, 0.29) is 31.5 Å². The lowest BCUT2D eigenvalue weighted by Crippen LogP contribution is -2.60. The number of halogens is 1. The molecule has 0 radical (unpaired) electrons. The molecule has 13 nitrogen and oxygen atoms in total. The van der Waals surface area contributed by atoms with E-state index < -0.39 is 54.0 Å². The van der Waals surface area contributed by atoms with Gasteiger partial charge in [-0.1, -0.05) is 71.4 Å². The van der Waals surface area contributed by atoms with Gasteiger partial charge in [0.25, 0.3) is 11.8 Å². The molecule has 0 spiro atoms. The van der Waals surface area contributed by atoms with E-state index in [2.05, 4.69) is 21.2 Å². The average Bonchev–Trinajstić information content (AvgIpc) is 3.33. The van der Waals surface area contributed by atoms with Gasteiger partial charge in [-0.15, -0.1) is 0 Å². The highest BCUT2D eigenvalue weighted by molar-refractivity contribution is 9.10. The number of ether oxygens (including phenoxy) is 1. The summed E-state index contributed by atoms with van der Waals surface area (Å²) in [6, 6.07) is 19.2. The molecule has 6 rings (SSSR count). The number of nitrogens with one attached hydrogen (secondary N) is 1. The normalized spacial score (nSPS) is 28.0. The van der Waals surface area contributed by atoms with Crippen LogP contribution in [0.5, 0.6) is 0 Å². The Balaban J connectivity index is 1.13. The van der Waals surface area contributed by atoms with Crippen LogP contribution in [-0.2, 0) is 44.2 Å². The van der Waals surface area contributed by atoms with Gasteiger partial charge in [0.05, 0.1) is 24.9 Å². The van der Waals surface area contributed by atoms with Crippen LogP contribution in [0.4, 0.5) is 11.4 Å². The average molecular weight is 767 g/mol. The molecule has 51 heavy (non-hydrogen) atoms. The standard InChI is InChI=1S/C37H40BrN3O10/c1-20(5-4-8-29(43)40-18-23-7-3-2-6-22(23)15-26(40)19-42)37(50)27-16-24(38)11-14-28(27)41(36(37)49)17-21-9-12-25(13-10-21)39-34(47)33-31(45)30(44)32(46)35(48)51-33/h2-7,9-14,16,20,26,30-33,35,42,44-46,48,50H,8,15,17-19H2,1H3,(H,39,47)/b5-4+/t20-,26+,30+,31+,32-,33+,35-,37+/m1/s1. The minimum Gasteiger partial charge on any atom is -0.394 e. The van der Waals surface area contributed by atoms with Gasteiger partial charge in [-0.05, 0) is 53.4 Å². The van der Waals surface area contributed by atoms with E-state index in [4.69, 9.17) is 4.74 Å². The predicted molar refractivity (Wildman–Crippen MR) is 188 cm³/mol. The molecular formula is C37H40BrN3O10. The molecule has 1 saturated heterocycles. The van der Waals surface area contributed by atoms with E-state index in [0.717, 1.165) is 11.1 Å². The number of rotatable bonds is 9. The van der Waals surface area contributed by atoms with Gasteiger partial charge in [-0.25, -0.2) is 0 Å². The zero-order chi connectivity index (χ0) is 36.6. The zero-order valence-electron chi connectivity index (χ0n) is 27.7. The monoisotopic (exact) mass is 765 g/mol. The largest absolute Gasteiger partial charge is 0.394 e. The van der Waals surface area contributed by atoms with Gasteiger partial charge in [-0.2, -0.15) is 0 Å². The summed E-state index contributed by atoms with van der Waals surface area (Å²) in [7, 11) is 0. The molecule has 0 bridgehead atoms. The summed E-state index contributed by atoms with van der Waals surface area (Å²) in [6.45, 7) is 2.03. The number of carbonyl (C=O) groups is 3. The summed E-state index contributed by atoms with van der Waals surface area (Å²) in [4.78, 5) is 43.2. The maximum absolute atomic E-state index is 14.0. The molecule has 1 fully saturated rings. The molecule has 0 aliphatic carbocycles. The van der Waals surface area contributed by atoms with Gasteiger partial charge in [-0.3, -0.25) is 14.4 Å². The molecule has 0 unspecified atom stereocenters. The van der Waals surface area contributed by atoms with Crippen molar-refractivity contribution < 1.29 is 49.8 Å². The lowest BCUT2D eigenvalue weighted by atomic mass is 9.83.